The van der Waals surface area contributed by atoms with E-state index in [1.165, 1.54) is 7.11 Å². The number of urea groups is 1. The summed E-state index contributed by atoms with van der Waals surface area (Å²) in [7, 11) is 3.09. The summed E-state index contributed by atoms with van der Waals surface area (Å²) in [5.41, 5.74) is 2.96. The second-order valence-corrected chi connectivity index (χ2v) is 5.92. The van der Waals surface area contributed by atoms with E-state index in [1.54, 1.807) is 37.4 Å². The van der Waals surface area contributed by atoms with Crippen LogP contribution in [-0.4, -0.2) is 26.2 Å². The quantitative estimate of drug-likeness (QED) is 0.781. The molecular weight excluding hydrogens is 334 g/mol. The average molecular weight is 355 g/mol. The van der Waals surface area contributed by atoms with Crippen molar-refractivity contribution in [1.82, 2.24) is 0 Å². The Bertz CT molecular complexity index is 836. The molecule has 1 aliphatic heterocycles. The molecule has 0 fully saturated rings. The van der Waals surface area contributed by atoms with Gasteiger partial charge in [0.15, 0.2) is 0 Å². The zero-order valence-corrected chi connectivity index (χ0v) is 14.7. The van der Waals surface area contributed by atoms with Crippen LogP contribution in [0.3, 0.4) is 0 Å². The molecule has 3 N–H and O–H groups in total. The topological polar surface area (TPSA) is 88.7 Å². The van der Waals surface area contributed by atoms with Gasteiger partial charge < -0.3 is 25.4 Å². The van der Waals surface area contributed by atoms with Gasteiger partial charge in [0.05, 0.1) is 19.9 Å². The normalized spacial score (nSPS) is 13.1. The molecule has 1 aliphatic rings. The molecular formula is C19H21N3O4. The Morgan fingerprint density at radius 3 is 2.65 bits per heavy atom. The molecule has 136 valence electrons. The van der Waals surface area contributed by atoms with E-state index in [-0.39, 0.29) is 5.91 Å². The van der Waals surface area contributed by atoms with Crippen molar-refractivity contribution >= 4 is 29.0 Å². The molecule has 0 spiro atoms. The molecule has 2 aromatic rings. The minimum Gasteiger partial charge on any atom is -0.497 e. The summed E-state index contributed by atoms with van der Waals surface area (Å²) < 4.78 is 10.4. The Morgan fingerprint density at radius 2 is 1.88 bits per heavy atom. The Morgan fingerprint density at radius 1 is 1.04 bits per heavy atom. The number of carbonyl (C=O) groups excluding carboxylic acids is 2. The molecule has 3 amide bonds. The van der Waals surface area contributed by atoms with Crippen LogP contribution in [0, 0.1) is 0 Å². The molecule has 7 nitrogen and oxygen atoms in total. The smallest absolute Gasteiger partial charge is 0.323 e. The van der Waals surface area contributed by atoms with Gasteiger partial charge in [-0.05, 0) is 48.7 Å². The lowest BCUT2D eigenvalue weighted by atomic mass is 10.1. The van der Waals surface area contributed by atoms with Gasteiger partial charge in [0, 0.05) is 23.9 Å². The van der Waals surface area contributed by atoms with Crippen molar-refractivity contribution in [1.29, 1.82) is 0 Å². The number of benzene rings is 2. The number of fused-ring (bicyclic) bond motifs is 1. The number of ether oxygens (including phenoxy) is 2. The standard InChI is InChI=1S/C19H21N3O4/c1-25-14-7-9-17(26-2)16(11-14)22-19(24)20-13-6-8-15-12(10-13)4-3-5-18(23)21-15/h6-11H,3-5H2,1-2H3,(H,21,23)(H2,20,22,24). The molecule has 0 unspecified atom stereocenters. The van der Waals surface area contributed by atoms with Gasteiger partial charge in [0.2, 0.25) is 5.91 Å². The lowest BCUT2D eigenvalue weighted by Crippen LogP contribution is -2.20. The lowest BCUT2D eigenvalue weighted by Gasteiger charge is -2.14. The molecule has 0 aromatic heterocycles. The Balaban J connectivity index is 1.73. The third-order valence-electron chi connectivity index (χ3n) is 4.14. The molecule has 0 aliphatic carbocycles. The van der Waals surface area contributed by atoms with Crippen molar-refractivity contribution in [2.24, 2.45) is 0 Å². The SMILES string of the molecule is COc1ccc(OC)c(NC(=O)Nc2ccc3c(c2)CCCC(=O)N3)c1. The predicted octanol–water partition coefficient (Wildman–Crippen LogP) is 3.62. The van der Waals surface area contributed by atoms with Gasteiger partial charge in [0.25, 0.3) is 0 Å². The number of carbonyl (C=O) groups is 2. The fourth-order valence-corrected chi connectivity index (χ4v) is 2.85. The van der Waals surface area contributed by atoms with E-state index in [4.69, 9.17) is 9.47 Å². The van der Waals surface area contributed by atoms with Gasteiger partial charge in [-0.1, -0.05) is 0 Å². The first-order valence-corrected chi connectivity index (χ1v) is 8.32. The minimum atomic E-state index is -0.394. The number of hydrogen-bond acceptors (Lipinski definition) is 4. The van der Waals surface area contributed by atoms with Crippen LogP contribution in [0.4, 0.5) is 21.9 Å². The zero-order valence-electron chi connectivity index (χ0n) is 14.7. The number of methoxy groups -OCH3 is 2. The zero-order chi connectivity index (χ0) is 18.5. The highest BCUT2D eigenvalue weighted by Gasteiger charge is 2.14. The first kappa shape index (κ1) is 17.6. The molecule has 7 heteroatoms. The van der Waals surface area contributed by atoms with Gasteiger partial charge in [-0.25, -0.2) is 4.79 Å². The largest absolute Gasteiger partial charge is 0.497 e. The summed E-state index contributed by atoms with van der Waals surface area (Å²) in [6.07, 6.45) is 2.08. The van der Waals surface area contributed by atoms with Crippen molar-refractivity contribution in [3.8, 4) is 11.5 Å². The molecule has 0 atom stereocenters. The maximum absolute atomic E-state index is 12.3. The van der Waals surface area contributed by atoms with Crippen molar-refractivity contribution in [3.05, 3.63) is 42.0 Å². The Hall–Kier alpha value is -3.22. The van der Waals surface area contributed by atoms with E-state index < -0.39 is 6.03 Å². The number of hydrogen-bond donors (Lipinski definition) is 3. The summed E-state index contributed by atoms with van der Waals surface area (Å²) in [6.45, 7) is 0. The van der Waals surface area contributed by atoms with E-state index >= 15 is 0 Å². The first-order chi connectivity index (χ1) is 12.6. The maximum atomic E-state index is 12.3. The number of rotatable bonds is 4. The van der Waals surface area contributed by atoms with E-state index in [2.05, 4.69) is 16.0 Å². The highest BCUT2D eigenvalue weighted by atomic mass is 16.5. The molecule has 0 saturated carbocycles. The van der Waals surface area contributed by atoms with Crippen molar-refractivity contribution in [3.63, 3.8) is 0 Å². The Labute approximate surface area is 151 Å². The molecule has 0 bridgehead atoms. The second-order valence-electron chi connectivity index (χ2n) is 5.92. The molecule has 26 heavy (non-hydrogen) atoms. The minimum absolute atomic E-state index is 0.0207. The number of anilines is 3. The van der Waals surface area contributed by atoms with Crippen LogP contribution in [0.1, 0.15) is 18.4 Å². The average Bonchev–Trinajstić information content (AvgIpc) is 2.81. The maximum Gasteiger partial charge on any atom is 0.323 e. The van der Waals surface area contributed by atoms with Crippen LogP contribution in [0.15, 0.2) is 36.4 Å². The van der Waals surface area contributed by atoms with Crippen molar-refractivity contribution in [2.45, 2.75) is 19.3 Å². The number of amides is 3. The van der Waals surface area contributed by atoms with Gasteiger partial charge in [-0.15, -0.1) is 0 Å². The summed E-state index contributed by atoms with van der Waals surface area (Å²) in [4.78, 5) is 24.0. The summed E-state index contributed by atoms with van der Waals surface area (Å²) in [6, 6.07) is 10.2. The number of nitrogens with one attached hydrogen (secondary N) is 3. The van der Waals surface area contributed by atoms with Crippen LogP contribution in [-0.2, 0) is 11.2 Å². The monoisotopic (exact) mass is 355 g/mol. The molecule has 0 radical (unpaired) electrons. The van der Waals surface area contributed by atoms with Crippen LogP contribution in [0.25, 0.3) is 0 Å². The Kier molecular flexibility index (Phi) is 5.26. The van der Waals surface area contributed by atoms with Gasteiger partial charge >= 0.3 is 6.03 Å². The van der Waals surface area contributed by atoms with Crippen LogP contribution in [0.5, 0.6) is 11.5 Å². The van der Waals surface area contributed by atoms with Crippen molar-refractivity contribution < 1.29 is 19.1 Å². The van der Waals surface area contributed by atoms with Crippen LogP contribution < -0.4 is 25.4 Å². The summed E-state index contributed by atoms with van der Waals surface area (Å²) >= 11 is 0. The highest BCUT2D eigenvalue weighted by Crippen LogP contribution is 2.29. The number of aryl methyl sites for hydroxylation is 1. The van der Waals surface area contributed by atoms with E-state index in [9.17, 15) is 9.59 Å². The molecule has 0 saturated heterocycles. The summed E-state index contributed by atoms with van der Waals surface area (Å²) in [5, 5.41) is 8.43. The highest BCUT2D eigenvalue weighted by molar-refractivity contribution is 6.01. The van der Waals surface area contributed by atoms with Crippen molar-refractivity contribution in [2.75, 3.05) is 30.2 Å². The third-order valence-corrected chi connectivity index (χ3v) is 4.14. The van der Waals surface area contributed by atoms with E-state index in [1.807, 2.05) is 6.07 Å². The fraction of sp³-hybridized carbons (Fsp3) is 0.263. The van der Waals surface area contributed by atoms with E-state index in [0.29, 0.717) is 29.3 Å². The third kappa shape index (κ3) is 4.05. The fourth-order valence-electron chi connectivity index (χ4n) is 2.85. The van der Waals surface area contributed by atoms with Gasteiger partial charge in [-0.3, -0.25) is 4.79 Å². The first-order valence-electron chi connectivity index (χ1n) is 8.32. The molecule has 2 aromatic carbocycles. The molecule has 3 rings (SSSR count). The van der Waals surface area contributed by atoms with Gasteiger partial charge in [0.1, 0.15) is 11.5 Å². The van der Waals surface area contributed by atoms with Crippen LogP contribution in [0.2, 0.25) is 0 Å². The molecule has 1 heterocycles. The van der Waals surface area contributed by atoms with Gasteiger partial charge in [-0.2, -0.15) is 0 Å². The predicted molar refractivity (Wildman–Crippen MR) is 100 cm³/mol. The van der Waals surface area contributed by atoms with E-state index in [0.717, 1.165) is 24.1 Å². The van der Waals surface area contributed by atoms with Crippen LogP contribution >= 0.6 is 0 Å². The summed E-state index contributed by atoms with van der Waals surface area (Å²) in [5.74, 6) is 1.17. The lowest BCUT2D eigenvalue weighted by molar-refractivity contribution is -0.116. The second kappa shape index (κ2) is 7.77.